The van der Waals surface area contributed by atoms with Crippen LogP contribution in [0.5, 0.6) is 5.75 Å². The van der Waals surface area contributed by atoms with E-state index in [1.54, 1.807) is 24.3 Å². The average Bonchev–Trinajstić information content (AvgIpc) is 2.62. The first-order chi connectivity index (χ1) is 12.8. The van der Waals surface area contributed by atoms with E-state index < -0.39 is 10.0 Å². The zero-order chi connectivity index (χ0) is 19.4. The van der Waals surface area contributed by atoms with Crippen molar-refractivity contribution in [2.24, 2.45) is 0 Å². The summed E-state index contributed by atoms with van der Waals surface area (Å²) in [5, 5.41) is 12.1. The molecule has 0 aliphatic heterocycles. The molecule has 3 aromatic rings. The molecule has 3 N–H and O–H groups in total. The van der Waals surface area contributed by atoms with Crippen LogP contribution in [0.2, 0.25) is 0 Å². The topological polar surface area (TPSA) is 95.5 Å². The lowest BCUT2D eigenvalue weighted by atomic mass is 10.2. The number of hydrogen-bond donors (Lipinski definition) is 3. The van der Waals surface area contributed by atoms with Crippen molar-refractivity contribution >= 4 is 43.2 Å². The predicted octanol–water partition coefficient (Wildman–Crippen LogP) is 4.21. The minimum atomic E-state index is -3.72. The second-order valence-electron chi connectivity index (χ2n) is 5.64. The van der Waals surface area contributed by atoms with Gasteiger partial charge in [-0.15, -0.1) is 0 Å². The number of sulfonamides is 1. The summed E-state index contributed by atoms with van der Waals surface area (Å²) >= 11 is 3.26. The minimum absolute atomic E-state index is 0.0468. The van der Waals surface area contributed by atoms with Crippen LogP contribution in [0.15, 0.2) is 82.2 Å². The van der Waals surface area contributed by atoms with Crippen molar-refractivity contribution in [3.05, 3.63) is 82.8 Å². The van der Waals surface area contributed by atoms with Crippen LogP contribution in [0.3, 0.4) is 0 Å². The van der Waals surface area contributed by atoms with Gasteiger partial charge in [0.15, 0.2) is 0 Å². The maximum Gasteiger partial charge on any atom is 0.261 e. The van der Waals surface area contributed by atoms with Gasteiger partial charge in [-0.1, -0.05) is 22.0 Å². The van der Waals surface area contributed by atoms with Gasteiger partial charge >= 0.3 is 0 Å². The lowest BCUT2D eigenvalue weighted by Gasteiger charge is -2.09. The van der Waals surface area contributed by atoms with Crippen molar-refractivity contribution in [2.75, 3.05) is 10.0 Å². The highest BCUT2D eigenvalue weighted by atomic mass is 79.9. The monoisotopic (exact) mass is 446 g/mol. The zero-order valence-electron chi connectivity index (χ0n) is 13.9. The molecule has 0 aliphatic carbocycles. The average molecular weight is 447 g/mol. The third kappa shape index (κ3) is 4.87. The van der Waals surface area contributed by atoms with Crippen LogP contribution >= 0.6 is 15.9 Å². The molecule has 0 aliphatic rings. The molecule has 0 radical (unpaired) electrons. The number of carbonyl (C=O) groups is 1. The van der Waals surface area contributed by atoms with Gasteiger partial charge < -0.3 is 10.4 Å². The molecule has 27 heavy (non-hydrogen) atoms. The van der Waals surface area contributed by atoms with Crippen molar-refractivity contribution in [3.8, 4) is 5.75 Å². The minimum Gasteiger partial charge on any atom is -0.508 e. The van der Waals surface area contributed by atoms with Crippen LogP contribution in [-0.2, 0) is 10.0 Å². The molecular weight excluding hydrogens is 432 g/mol. The van der Waals surface area contributed by atoms with Gasteiger partial charge in [-0.2, -0.15) is 0 Å². The normalized spacial score (nSPS) is 11.0. The highest BCUT2D eigenvalue weighted by Crippen LogP contribution is 2.20. The van der Waals surface area contributed by atoms with E-state index in [4.69, 9.17) is 0 Å². The van der Waals surface area contributed by atoms with Gasteiger partial charge in [0.1, 0.15) is 5.75 Å². The first-order valence-electron chi connectivity index (χ1n) is 7.82. The van der Waals surface area contributed by atoms with E-state index in [0.717, 1.165) is 4.47 Å². The Morgan fingerprint density at radius 2 is 1.56 bits per heavy atom. The molecule has 0 spiro atoms. The predicted molar refractivity (Wildman–Crippen MR) is 107 cm³/mol. The Morgan fingerprint density at radius 3 is 2.19 bits per heavy atom. The van der Waals surface area contributed by atoms with Crippen LogP contribution in [-0.4, -0.2) is 19.4 Å². The molecule has 0 aromatic heterocycles. The molecule has 1 amide bonds. The molecule has 6 nitrogen and oxygen atoms in total. The molecular formula is C19H15BrN2O4S. The van der Waals surface area contributed by atoms with E-state index in [0.29, 0.717) is 16.9 Å². The fourth-order valence-corrected chi connectivity index (χ4v) is 3.63. The van der Waals surface area contributed by atoms with E-state index >= 15 is 0 Å². The Hall–Kier alpha value is -2.84. The number of phenols is 1. The number of phenolic OH excluding ortho intramolecular Hbond substituents is 1. The molecule has 0 saturated heterocycles. The molecule has 0 heterocycles. The summed E-state index contributed by atoms with van der Waals surface area (Å²) in [6.45, 7) is 0. The smallest absolute Gasteiger partial charge is 0.261 e. The molecule has 138 valence electrons. The maximum absolute atomic E-state index is 12.4. The standard InChI is InChI=1S/C19H15BrN2O4S/c20-14-6-10-18(11-7-14)27(25,26)22-15-8-4-13(5-9-15)19(24)21-16-2-1-3-17(23)12-16/h1-12,22-23H,(H,21,24). The number of nitrogens with one attached hydrogen (secondary N) is 2. The Morgan fingerprint density at radius 1 is 0.889 bits per heavy atom. The van der Waals surface area contributed by atoms with Gasteiger partial charge in [-0.3, -0.25) is 9.52 Å². The first-order valence-corrected chi connectivity index (χ1v) is 10.1. The van der Waals surface area contributed by atoms with Crippen molar-refractivity contribution < 1.29 is 18.3 Å². The van der Waals surface area contributed by atoms with Crippen LogP contribution in [0, 0.1) is 0 Å². The van der Waals surface area contributed by atoms with Gasteiger partial charge in [0, 0.05) is 27.5 Å². The summed E-state index contributed by atoms with van der Waals surface area (Å²) in [6.07, 6.45) is 0. The van der Waals surface area contributed by atoms with Crippen molar-refractivity contribution in [1.29, 1.82) is 0 Å². The van der Waals surface area contributed by atoms with Gasteiger partial charge in [0.25, 0.3) is 15.9 Å². The third-order valence-corrected chi connectivity index (χ3v) is 5.55. The number of anilines is 2. The number of halogens is 1. The van der Waals surface area contributed by atoms with Crippen LogP contribution < -0.4 is 10.0 Å². The van der Waals surface area contributed by atoms with Crippen molar-refractivity contribution in [1.82, 2.24) is 0 Å². The number of carbonyl (C=O) groups excluding carboxylic acids is 1. The number of hydrogen-bond acceptors (Lipinski definition) is 4. The summed E-state index contributed by atoms with van der Waals surface area (Å²) in [7, 11) is -3.72. The first kappa shape index (κ1) is 18.9. The maximum atomic E-state index is 12.4. The SMILES string of the molecule is O=C(Nc1cccc(O)c1)c1ccc(NS(=O)(=O)c2ccc(Br)cc2)cc1. The molecule has 0 atom stereocenters. The van der Waals surface area contributed by atoms with Crippen molar-refractivity contribution in [2.45, 2.75) is 4.90 Å². The lowest BCUT2D eigenvalue weighted by molar-refractivity contribution is 0.102. The van der Waals surface area contributed by atoms with Gasteiger partial charge in [0.2, 0.25) is 0 Å². The van der Waals surface area contributed by atoms with Crippen LogP contribution in [0.1, 0.15) is 10.4 Å². The molecule has 0 fully saturated rings. The summed E-state index contributed by atoms with van der Waals surface area (Å²) in [6, 6.07) is 18.5. The Kier molecular flexibility index (Phi) is 5.48. The van der Waals surface area contributed by atoms with E-state index in [2.05, 4.69) is 26.0 Å². The van der Waals surface area contributed by atoms with Gasteiger partial charge in [-0.25, -0.2) is 8.42 Å². The molecule has 0 bridgehead atoms. The summed E-state index contributed by atoms with van der Waals surface area (Å²) in [4.78, 5) is 12.4. The van der Waals surface area contributed by atoms with Gasteiger partial charge in [-0.05, 0) is 60.7 Å². The summed E-state index contributed by atoms with van der Waals surface area (Å²) in [5.74, 6) is -0.326. The second-order valence-corrected chi connectivity index (χ2v) is 8.24. The lowest BCUT2D eigenvalue weighted by Crippen LogP contribution is -2.14. The van der Waals surface area contributed by atoms with Crippen LogP contribution in [0.25, 0.3) is 0 Å². The molecule has 8 heteroatoms. The van der Waals surface area contributed by atoms with Gasteiger partial charge in [0.05, 0.1) is 4.90 Å². The van der Waals surface area contributed by atoms with Crippen molar-refractivity contribution in [3.63, 3.8) is 0 Å². The second kappa shape index (κ2) is 7.81. The van der Waals surface area contributed by atoms with Crippen LogP contribution in [0.4, 0.5) is 11.4 Å². The van der Waals surface area contributed by atoms with E-state index in [-0.39, 0.29) is 16.6 Å². The number of aromatic hydroxyl groups is 1. The highest BCUT2D eigenvalue weighted by molar-refractivity contribution is 9.10. The number of rotatable bonds is 5. The molecule has 3 aromatic carbocycles. The molecule has 0 unspecified atom stereocenters. The number of amides is 1. The largest absolute Gasteiger partial charge is 0.508 e. The van der Waals surface area contributed by atoms with E-state index in [9.17, 15) is 18.3 Å². The molecule has 0 saturated carbocycles. The third-order valence-electron chi connectivity index (χ3n) is 3.63. The fraction of sp³-hybridized carbons (Fsp3) is 0. The molecule has 3 rings (SSSR count). The summed E-state index contributed by atoms with van der Waals surface area (Å²) in [5.41, 5.74) is 1.15. The number of benzene rings is 3. The Balaban J connectivity index is 1.71. The van der Waals surface area contributed by atoms with E-state index in [1.165, 1.54) is 48.5 Å². The van der Waals surface area contributed by atoms with E-state index in [1.807, 2.05) is 0 Å². The Labute approximate surface area is 165 Å². The quantitative estimate of drug-likeness (QED) is 0.546. The highest BCUT2D eigenvalue weighted by Gasteiger charge is 2.14. The zero-order valence-corrected chi connectivity index (χ0v) is 16.3. The summed E-state index contributed by atoms with van der Waals surface area (Å²) < 4.78 is 28.0. The Bertz CT molecular complexity index is 1070. The fourth-order valence-electron chi connectivity index (χ4n) is 2.30.